The Morgan fingerprint density at radius 3 is 1.53 bits per heavy atom. The molecule has 2 rings (SSSR count). The van der Waals surface area contributed by atoms with E-state index in [4.69, 9.17) is 11.5 Å². The SMILES string of the molecule is C[C@H](NC(=O)[C@H](Cc1ccccc1)NC(=O)[C@H](C)NC(=O)[C@@H](N)CCCCCN)C(=O)N[C@@H](CC(=O)O)C(=O)N[C@@H](Cc1ccccc1)C(=O)O. The number of carboxylic acid groups (broad SMARTS) is 2. The van der Waals surface area contributed by atoms with Gasteiger partial charge < -0.3 is 48.3 Å². The number of nitrogens with two attached hydrogens (primary N) is 2. The number of nitrogens with one attached hydrogen (secondary N) is 5. The van der Waals surface area contributed by atoms with Crippen molar-refractivity contribution in [2.75, 3.05) is 6.54 Å². The number of carbonyl (C=O) groups excluding carboxylic acids is 5. The lowest BCUT2D eigenvalue weighted by Crippen LogP contribution is -2.59. The zero-order valence-corrected chi connectivity index (χ0v) is 28.8. The summed E-state index contributed by atoms with van der Waals surface area (Å²) in [6.45, 7) is 3.26. The van der Waals surface area contributed by atoms with Gasteiger partial charge in [-0.1, -0.05) is 73.5 Å². The Kier molecular flexibility index (Phi) is 17.8. The van der Waals surface area contributed by atoms with Crippen LogP contribution in [0.5, 0.6) is 0 Å². The van der Waals surface area contributed by atoms with Gasteiger partial charge in [0.2, 0.25) is 29.5 Å². The van der Waals surface area contributed by atoms with E-state index in [0.717, 1.165) is 12.8 Å². The molecule has 0 radical (unpaired) electrons. The minimum atomic E-state index is -1.68. The molecule has 0 spiro atoms. The number of benzene rings is 2. The van der Waals surface area contributed by atoms with E-state index in [1.807, 2.05) is 0 Å². The summed E-state index contributed by atoms with van der Waals surface area (Å²) in [5, 5.41) is 31.2. The predicted octanol–water partition coefficient (Wildman–Crippen LogP) is -0.659. The van der Waals surface area contributed by atoms with Crippen LogP contribution < -0.4 is 38.1 Å². The van der Waals surface area contributed by atoms with E-state index in [-0.39, 0.29) is 12.8 Å². The lowest BCUT2D eigenvalue weighted by molar-refractivity contribution is -0.143. The topological polar surface area (TPSA) is 272 Å². The summed E-state index contributed by atoms with van der Waals surface area (Å²) < 4.78 is 0. The third-order valence-corrected chi connectivity index (χ3v) is 7.88. The third kappa shape index (κ3) is 15.4. The van der Waals surface area contributed by atoms with Gasteiger partial charge in [0.25, 0.3) is 0 Å². The summed E-state index contributed by atoms with van der Waals surface area (Å²) in [5.41, 5.74) is 12.7. The van der Waals surface area contributed by atoms with Crippen LogP contribution in [-0.2, 0) is 46.4 Å². The summed E-state index contributed by atoms with van der Waals surface area (Å²) in [4.78, 5) is 88.7. The fourth-order valence-corrected chi connectivity index (χ4v) is 4.94. The first-order valence-corrected chi connectivity index (χ1v) is 16.7. The zero-order chi connectivity index (χ0) is 37.9. The smallest absolute Gasteiger partial charge is 0.326 e. The van der Waals surface area contributed by atoms with Crippen LogP contribution in [-0.4, -0.2) is 94.5 Å². The second-order valence-corrected chi connectivity index (χ2v) is 12.2. The quantitative estimate of drug-likeness (QED) is 0.0692. The maximum Gasteiger partial charge on any atom is 0.326 e. The monoisotopic (exact) mass is 711 g/mol. The van der Waals surface area contributed by atoms with Gasteiger partial charge in [-0.2, -0.15) is 0 Å². The number of carboxylic acids is 2. The first kappa shape index (κ1) is 41.8. The highest BCUT2D eigenvalue weighted by Gasteiger charge is 2.32. The third-order valence-electron chi connectivity index (χ3n) is 7.88. The number of hydrogen-bond acceptors (Lipinski definition) is 9. The molecule has 2 aromatic carbocycles. The maximum atomic E-state index is 13.5. The van der Waals surface area contributed by atoms with Gasteiger partial charge in [-0.3, -0.25) is 28.8 Å². The van der Waals surface area contributed by atoms with Crippen molar-refractivity contribution in [3.05, 3.63) is 71.8 Å². The Morgan fingerprint density at radius 1 is 0.588 bits per heavy atom. The normalized spacial score (nSPS) is 14.4. The first-order valence-electron chi connectivity index (χ1n) is 16.7. The minimum Gasteiger partial charge on any atom is -0.481 e. The van der Waals surface area contributed by atoms with E-state index in [0.29, 0.717) is 30.5 Å². The van der Waals surface area contributed by atoms with E-state index in [1.165, 1.54) is 13.8 Å². The molecule has 0 aliphatic carbocycles. The fourth-order valence-electron chi connectivity index (χ4n) is 4.94. The molecule has 0 aromatic heterocycles. The first-order chi connectivity index (χ1) is 24.2. The van der Waals surface area contributed by atoms with E-state index >= 15 is 0 Å². The molecule has 5 amide bonds. The van der Waals surface area contributed by atoms with Crippen molar-refractivity contribution >= 4 is 41.5 Å². The standard InChI is InChI=1S/C35H49N7O9/c1-21(38-32(47)25(37)16-10-5-11-17-36)30(45)40-26(18-23-12-6-3-7-13-23)33(48)39-22(2)31(46)41-27(20-29(43)44)34(49)42-28(35(50)51)19-24-14-8-4-9-15-24/h3-4,6-9,12-15,21-22,25-28H,5,10-11,16-20,36-37H2,1-2H3,(H,38,47)(H,39,48)(H,40,45)(H,41,46)(H,42,49)(H,43,44)(H,50,51)/t21-,22-,25-,26-,27-,28-/m0/s1. The molecule has 0 bridgehead atoms. The molecule has 0 saturated heterocycles. The largest absolute Gasteiger partial charge is 0.481 e. The van der Waals surface area contributed by atoms with Crippen molar-refractivity contribution in [2.24, 2.45) is 11.5 Å². The van der Waals surface area contributed by atoms with Crippen LogP contribution in [0.1, 0.15) is 57.1 Å². The molecule has 278 valence electrons. The minimum absolute atomic E-state index is 0.0100. The molecule has 0 heterocycles. The highest BCUT2D eigenvalue weighted by atomic mass is 16.4. The molecular formula is C35H49N7O9. The van der Waals surface area contributed by atoms with Gasteiger partial charge >= 0.3 is 11.9 Å². The van der Waals surface area contributed by atoms with Crippen molar-refractivity contribution in [1.82, 2.24) is 26.6 Å². The van der Waals surface area contributed by atoms with E-state index in [9.17, 15) is 43.8 Å². The highest BCUT2D eigenvalue weighted by molar-refractivity contribution is 5.97. The number of hydrogen-bond donors (Lipinski definition) is 9. The van der Waals surface area contributed by atoms with Crippen LogP contribution in [0.3, 0.4) is 0 Å². The number of carbonyl (C=O) groups is 7. The van der Waals surface area contributed by atoms with Crippen molar-refractivity contribution < 1.29 is 43.8 Å². The van der Waals surface area contributed by atoms with Gasteiger partial charge in [-0.05, 0) is 44.4 Å². The average molecular weight is 712 g/mol. The van der Waals surface area contributed by atoms with Crippen LogP contribution in [0.4, 0.5) is 0 Å². The van der Waals surface area contributed by atoms with Gasteiger partial charge in [-0.15, -0.1) is 0 Å². The maximum absolute atomic E-state index is 13.5. The Morgan fingerprint density at radius 2 is 1.04 bits per heavy atom. The van der Waals surface area contributed by atoms with E-state index in [1.54, 1.807) is 60.7 Å². The van der Waals surface area contributed by atoms with Crippen molar-refractivity contribution in [3.63, 3.8) is 0 Å². The zero-order valence-electron chi connectivity index (χ0n) is 28.8. The van der Waals surface area contributed by atoms with E-state index < -0.39 is 84.1 Å². The predicted molar refractivity (Wildman–Crippen MR) is 187 cm³/mol. The summed E-state index contributed by atoms with van der Waals surface area (Å²) in [7, 11) is 0. The van der Waals surface area contributed by atoms with Gasteiger partial charge in [0, 0.05) is 12.8 Å². The molecule has 0 aliphatic rings. The van der Waals surface area contributed by atoms with Crippen LogP contribution in [0.2, 0.25) is 0 Å². The number of rotatable bonds is 22. The van der Waals surface area contributed by atoms with E-state index in [2.05, 4.69) is 26.6 Å². The van der Waals surface area contributed by atoms with Gasteiger partial charge in [-0.25, -0.2) is 4.79 Å². The van der Waals surface area contributed by atoms with Gasteiger partial charge in [0.15, 0.2) is 0 Å². The van der Waals surface area contributed by atoms with Crippen LogP contribution in [0.25, 0.3) is 0 Å². The molecule has 16 nitrogen and oxygen atoms in total. The van der Waals surface area contributed by atoms with Gasteiger partial charge in [0.05, 0.1) is 12.5 Å². The number of amides is 5. The molecule has 6 atom stereocenters. The molecule has 0 aliphatic heterocycles. The summed E-state index contributed by atoms with van der Waals surface area (Å²) in [5.74, 6) is -6.80. The second-order valence-electron chi connectivity index (χ2n) is 12.2. The van der Waals surface area contributed by atoms with Crippen LogP contribution in [0.15, 0.2) is 60.7 Å². The molecule has 16 heteroatoms. The Balaban J connectivity index is 2.10. The lowest BCUT2D eigenvalue weighted by Gasteiger charge is -2.25. The second kappa shape index (κ2) is 21.7. The Labute approximate surface area is 296 Å². The highest BCUT2D eigenvalue weighted by Crippen LogP contribution is 2.07. The fraction of sp³-hybridized carbons (Fsp3) is 0.457. The molecule has 2 aromatic rings. The number of unbranched alkanes of at least 4 members (excludes halogenated alkanes) is 2. The molecular weight excluding hydrogens is 662 g/mol. The summed E-state index contributed by atoms with van der Waals surface area (Å²) in [6, 6.07) is 9.61. The van der Waals surface area contributed by atoms with Crippen molar-refractivity contribution in [3.8, 4) is 0 Å². The average Bonchev–Trinajstić information content (AvgIpc) is 3.09. The summed E-state index contributed by atoms with van der Waals surface area (Å²) >= 11 is 0. The molecule has 0 saturated carbocycles. The lowest BCUT2D eigenvalue weighted by atomic mass is 10.0. The van der Waals surface area contributed by atoms with Crippen LogP contribution >= 0.6 is 0 Å². The summed E-state index contributed by atoms with van der Waals surface area (Å²) in [6.07, 6.45) is 1.76. The Hall–Kier alpha value is -5.35. The van der Waals surface area contributed by atoms with Crippen molar-refractivity contribution in [2.45, 2.75) is 95.0 Å². The molecule has 11 N–H and O–H groups in total. The molecule has 0 fully saturated rings. The Bertz CT molecular complexity index is 1480. The van der Waals surface area contributed by atoms with Gasteiger partial charge in [0.1, 0.15) is 30.2 Å². The van der Waals surface area contributed by atoms with Crippen LogP contribution in [0, 0.1) is 0 Å². The molecule has 51 heavy (non-hydrogen) atoms. The van der Waals surface area contributed by atoms with Crippen molar-refractivity contribution in [1.29, 1.82) is 0 Å². The number of aliphatic carboxylic acids is 2. The molecule has 0 unspecified atom stereocenters.